The molecule has 6 heteroatoms. The van der Waals surface area contributed by atoms with Crippen molar-refractivity contribution in [3.63, 3.8) is 0 Å². The zero-order valence-electron chi connectivity index (χ0n) is 16.8. The Balaban J connectivity index is 2.22. The third-order valence-electron chi connectivity index (χ3n) is 4.50. The van der Waals surface area contributed by atoms with Crippen molar-refractivity contribution in [3.05, 3.63) is 59.2 Å². The van der Waals surface area contributed by atoms with Crippen molar-refractivity contribution in [1.29, 1.82) is 0 Å². The molecule has 0 aliphatic heterocycles. The van der Waals surface area contributed by atoms with Crippen LogP contribution in [0.1, 0.15) is 37.5 Å². The smallest absolute Gasteiger partial charge is 0.245 e. The minimum Gasteiger partial charge on any atom is -0.325 e. The van der Waals surface area contributed by atoms with Gasteiger partial charge in [-0.05, 0) is 60.2 Å². The largest absolute Gasteiger partial charge is 0.325 e. The number of rotatable bonds is 5. The summed E-state index contributed by atoms with van der Waals surface area (Å²) in [6, 6.07) is 12.9. The molecule has 2 aromatic rings. The molecule has 0 fully saturated rings. The molecule has 1 N–H and O–H groups in total. The first kappa shape index (κ1) is 21.0. The molecule has 1 amide bonds. The van der Waals surface area contributed by atoms with Crippen LogP contribution in [-0.2, 0) is 20.2 Å². The fraction of sp³-hybridized carbons (Fsp3) is 0.381. The topological polar surface area (TPSA) is 66.5 Å². The van der Waals surface area contributed by atoms with E-state index in [1.165, 1.54) is 0 Å². The molecule has 0 spiro atoms. The molecule has 27 heavy (non-hydrogen) atoms. The van der Waals surface area contributed by atoms with Gasteiger partial charge in [0.2, 0.25) is 15.9 Å². The minimum absolute atomic E-state index is 0.0326. The molecule has 0 radical (unpaired) electrons. The third kappa shape index (κ3) is 5.57. The van der Waals surface area contributed by atoms with E-state index in [1.807, 2.05) is 44.2 Å². The summed E-state index contributed by atoms with van der Waals surface area (Å²) in [6.45, 7) is 9.95. The van der Waals surface area contributed by atoms with Crippen LogP contribution in [-0.4, -0.2) is 27.1 Å². The van der Waals surface area contributed by atoms with Crippen molar-refractivity contribution in [2.45, 2.75) is 40.0 Å². The van der Waals surface area contributed by atoms with E-state index in [9.17, 15) is 13.2 Å². The van der Waals surface area contributed by atoms with Gasteiger partial charge < -0.3 is 5.32 Å². The molecule has 2 rings (SSSR count). The Bertz CT molecular complexity index is 927. The molecule has 0 aliphatic carbocycles. The van der Waals surface area contributed by atoms with E-state index in [4.69, 9.17) is 0 Å². The number of sulfonamides is 1. The molecule has 2 aromatic carbocycles. The van der Waals surface area contributed by atoms with Crippen molar-refractivity contribution < 1.29 is 13.2 Å². The molecule has 0 saturated carbocycles. The lowest BCUT2D eigenvalue weighted by Gasteiger charge is -2.24. The number of anilines is 2. The maximum atomic E-state index is 12.4. The Morgan fingerprint density at radius 3 is 2.07 bits per heavy atom. The first-order chi connectivity index (χ1) is 12.4. The number of benzene rings is 2. The molecule has 0 bridgehead atoms. The summed E-state index contributed by atoms with van der Waals surface area (Å²) in [5, 5.41) is 2.77. The molecule has 0 atom stereocenters. The highest BCUT2D eigenvalue weighted by molar-refractivity contribution is 7.92. The van der Waals surface area contributed by atoms with Gasteiger partial charge in [-0.15, -0.1) is 0 Å². The van der Waals surface area contributed by atoms with E-state index in [2.05, 4.69) is 26.1 Å². The zero-order valence-corrected chi connectivity index (χ0v) is 17.6. The van der Waals surface area contributed by atoms with Crippen LogP contribution >= 0.6 is 0 Å². The zero-order chi connectivity index (χ0) is 20.4. The van der Waals surface area contributed by atoms with Gasteiger partial charge in [-0.3, -0.25) is 9.10 Å². The summed E-state index contributed by atoms with van der Waals surface area (Å²) in [5.74, 6) is -0.386. The number of carbonyl (C=O) groups excluding carboxylic acids is 1. The lowest BCUT2D eigenvalue weighted by atomic mass is 9.87. The van der Waals surface area contributed by atoms with Gasteiger partial charge in [0.25, 0.3) is 0 Å². The number of amides is 1. The second-order valence-electron chi connectivity index (χ2n) is 7.91. The average Bonchev–Trinajstić information content (AvgIpc) is 2.54. The molecule has 0 saturated heterocycles. The number of carbonyl (C=O) groups is 1. The van der Waals surface area contributed by atoms with Crippen molar-refractivity contribution in [2.75, 3.05) is 22.4 Å². The standard InChI is InChI=1S/C21H28N2O3S/c1-15-7-10-18(13-16(15)2)22-20(24)14-23(27(6,25)26)19-11-8-17(9-12-19)21(3,4)5/h7-13H,14H2,1-6H3,(H,22,24). The number of hydrogen-bond donors (Lipinski definition) is 1. The molecule has 0 unspecified atom stereocenters. The number of aryl methyl sites for hydroxylation is 2. The fourth-order valence-corrected chi connectivity index (χ4v) is 3.53. The normalized spacial score (nSPS) is 11.9. The summed E-state index contributed by atoms with van der Waals surface area (Å²) >= 11 is 0. The minimum atomic E-state index is -3.60. The van der Waals surface area contributed by atoms with Crippen molar-refractivity contribution in [2.24, 2.45) is 0 Å². The lowest BCUT2D eigenvalue weighted by Crippen LogP contribution is -2.37. The van der Waals surface area contributed by atoms with Gasteiger partial charge in [0.15, 0.2) is 0 Å². The van der Waals surface area contributed by atoms with Crippen molar-refractivity contribution in [3.8, 4) is 0 Å². The van der Waals surface area contributed by atoms with Gasteiger partial charge in [-0.1, -0.05) is 39.0 Å². The second kappa shape index (κ2) is 7.72. The van der Waals surface area contributed by atoms with E-state index in [1.54, 1.807) is 12.1 Å². The molecule has 5 nitrogen and oxygen atoms in total. The van der Waals surface area contributed by atoms with E-state index in [0.717, 1.165) is 27.3 Å². The highest BCUT2D eigenvalue weighted by Crippen LogP contribution is 2.26. The van der Waals surface area contributed by atoms with Gasteiger partial charge in [-0.2, -0.15) is 0 Å². The maximum absolute atomic E-state index is 12.4. The first-order valence-electron chi connectivity index (χ1n) is 8.83. The second-order valence-corrected chi connectivity index (χ2v) is 9.82. The third-order valence-corrected chi connectivity index (χ3v) is 5.64. The Kier molecular flexibility index (Phi) is 6.00. The van der Waals surface area contributed by atoms with Gasteiger partial charge >= 0.3 is 0 Å². The SMILES string of the molecule is Cc1ccc(NC(=O)CN(c2ccc(C(C)(C)C)cc2)S(C)(=O)=O)cc1C. The first-order valence-corrected chi connectivity index (χ1v) is 10.7. The molecule has 146 valence electrons. The van der Waals surface area contributed by atoms with Crippen LogP contribution in [0, 0.1) is 13.8 Å². The predicted octanol–water partition coefficient (Wildman–Crippen LogP) is 4.01. The Morgan fingerprint density at radius 2 is 1.59 bits per heavy atom. The van der Waals surface area contributed by atoms with Gasteiger partial charge in [0, 0.05) is 5.69 Å². The summed E-state index contributed by atoms with van der Waals surface area (Å²) in [6.07, 6.45) is 1.11. The molecular formula is C21H28N2O3S. The van der Waals surface area contributed by atoms with E-state index >= 15 is 0 Å². The van der Waals surface area contributed by atoms with E-state index in [-0.39, 0.29) is 17.9 Å². The monoisotopic (exact) mass is 388 g/mol. The van der Waals surface area contributed by atoms with E-state index in [0.29, 0.717) is 11.4 Å². The Hall–Kier alpha value is -2.34. The van der Waals surface area contributed by atoms with Crippen LogP contribution in [0.2, 0.25) is 0 Å². The van der Waals surface area contributed by atoms with Crippen LogP contribution in [0.3, 0.4) is 0 Å². The molecule has 0 aliphatic rings. The predicted molar refractivity (Wildman–Crippen MR) is 112 cm³/mol. The number of hydrogen-bond acceptors (Lipinski definition) is 3. The highest BCUT2D eigenvalue weighted by Gasteiger charge is 2.22. The van der Waals surface area contributed by atoms with Crippen molar-refractivity contribution in [1.82, 2.24) is 0 Å². The molecule has 0 aromatic heterocycles. The van der Waals surface area contributed by atoms with Gasteiger partial charge in [-0.25, -0.2) is 8.42 Å². The maximum Gasteiger partial charge on any atom is 0.245 e. The van der Waals surface area contributed by atoms with Crippen LogP contribution < -0.4 is 9.62 Å². The summed E-state index contributed by atoms with van der Waals surface area (Å²) in [5.41, 5.74) is 4.38. The lowest BCUT2D eigenvalue weighted by molar-refractivity contribution is -0.114. The van der Waals surface area contributed by atoms with Gasteiger partial charge in [0.05, 0.1) is 11.9 Å². The quantitative estimate of drug-likeness (QED) is 0.842. The van der Waals surface area contributed by atoms with E-state index < -0.39 is 10.0 Å². The number of nitrogens with one attached hydrogen (secondary N) is 1. The van der Waals surface area contributed by atoms with Crippen LogP contribution in [0.15, 0.2) is 42.5 Å². The van der Waals surface area contributed by atoms with Crippen LogP contribution in [0.25, 0.3) is 0 Å². The highest BCUT2D eigenvalue weighted by atomic mass is 32.2. The van der Waals surface area contributed by atoms with Crippen LogP contribution in [0.4, 0.5) is 11.4 Å². The summed E-state index contributed by atoms with van der Waals surface area (Å²) in [4.78, 5) is 12.4. The average molecular weight is 389 g/mol. The fourth-order valence-electron chi connectivity index (χ4n) is 2.68. The summed E-state index contributed by atoms with van der Waals surface area (Å²) in [7, 11) is -3.60. The molecule has 0 heterocycles. The number of nitrogens with zero attached hydrogens (tertiary/aromatic N) is 1. The van der Waals surface area contributed by atoms with Crippen LogP contribution in [0.5, 0.6) is 0 Å². The Labute approximate surface area is 162 Å². The summed E-state index contributed by atoms with van der Waals surface area (Å²) < 4.78 is 25.6. The Morgan fingerprint density at radius 1 is 1.00 bits per heavy atom. The molecular weight excluding hydrogens is 360 g/mol. The van der Waals surface area contributed by atoms with Crippen molar-refractivity contribution >= 4 is 27.3 Å². The van der Waals surface area contributed by atoms with Gasteiger partial charge in [0.1, 0.15) is 6.54 Å².